The minimum absolute atomic E-state index is 0.0301. The molecule has 4 nitrogen and oxygen atoms in total. The monoisotopic (exact) mass is 348 g/mol. The van der Waals surface area contributed by atoms with Crippen molar-refractivity contribution < 1.29 is 8.42 Å². The number of nitrogens with zero attached hydrogens (tertiary/aromatic N) is 1. The number of rotatable bonds is 4. The molecule has 0 bridgehead atoms. The molecular weight excluding hydrogens is 332 g/mol. The van der Waals surface area contributed by atoms with Crippen molar-refractivity contribution in [3.63, 3.8) is 0 Å². The molecule has 0 saturated carbocycles. The fraction of sp³-hybridized carbons (Fsp3) is 0.0500. The van der Waals surface area contributed by atoms with E-state index in [0.29, 0.717) is 0 Å². The molecule has 0 spiro atoms. The average Bonchev–Trinajstić information content (AvgIpc) is 2.67. The quantitative estimate of drug-likeness (QED) is 0.737. The number of aromatic nitrogens is 1. The molecule has 0 aliphatic heterocycles. The normalized spacial score (nSPS) is 12.0. The summed E-state index contributed by atoms with van der Waals surface area (Å²) in [6.07, 6.45) is 1.45. The summed E-state index contributed by atoms with van der Waals surface area (Å²) in [7, 11) is -3.78. The first-order valence-electron chi connectivity index (χ1n) is 7.70. The zero-order chi connectivity index (χ0) is 17.5. The molecule has 0 saturated heterocycles. The van der Waals surface area contributed by atoms with E-state index in [1.807, 2.05) is 60.7 Å². The first kappa shape index (κ1) is 16.9. The number of sulfonamides is 1. The fourth-order valence-corrected chi connectivity index (χ4v) is 3.31. The second-order valence-corrected chi connectivity index (χ2v) is 6.93. The van der Waals surface area contributed by atoms with E-state index < -0.39 is 16.1 Å². The highest BCUT2D eigenvalue weighted by Gasteiger charge is 2.20. The van der Waals surface area contributed by atoms with Crippen LogP contribution in [0.15, 0.2) is 90.1 Å². The zero-order valence-electron chi connectivity index (χ0n) is 13.3. The summed E-state index contributed by atoms with van der Waals surface area (Å²) in [5.41, 5.74) is 1.59. The highest BCUT2D eigenvalue weighted by atomic mass is 32.2. The van der Waals surface area contributed by atoms with Crippen LogP contribution in [0.3, 0.4) is 0 Å². The predicted molar refractivity (Wildman–Crippen MR) is 97.1 cm³/mol. The van der Waals surface area contributed by atoms with Crippen molar-refractivity contribution in [2.75, 3.05) is 0 Å². The van der Waals surface area contributed by atoms with Crippen LogP contribution in [-0.2, 0) is 10.0 Å². The summed E-state index contributed by atoms with van der Waals surface area (Å²) in [5, 5.41) is -0.0301. The Morgan fingerprint density at radius 1 is 0.840 bits per heavy atom. The molecule has 1 atom stereocenters. The van der Waals surface area contributed by atoms with Gasteiger partial charge in [0.2, 0.25) is 0 Å². The standard InChI is InChI=1S/C20H16N2O2S/c23-25(24,20-13-7-8-16-21-20)22-19(18-11-5-2-6-12-18)15-14-17-9-3-1-4-10-17/h1-13,16,19,22H/t19-/m0/s1. The SMILES string of the molecule is O=S(=O)(N[C@@H](C#Cc1ccccc1)c1ccccc1)c1ccccn1. The van der Waals surface area contributed by atoms with Gasteiger partial charge in [-0.2, -0.15) is 4.72 Å². The lowest BCUT2D eigenvalue weighted by Crippen LogP contribution is -2.28. The summed E-state index contributed by atoms with van der Waals surface area (Å²) < 4.78 is 27.8. The van der Waals surface area contributed by atoms with Crippen LogP contribution in [0, 0.1) is 11.8 Å². The van der Waals surface area contributed by atoms with Crippen molar-refractivity contribution in [1.29, 1.82) is 0 Å². The Hall–Kier alpha value is -2.94. The van der Waals surface area contributed by atoms with Gasteiger partial charge in [0.25, 0.3) is 10.0 Å². The third kappa shape index (κ3) is 4.54. The smallest absolute Gasteiger partial charge is 0.243 e. The van der Waals surface area contributed by atoms with Crippen LogP contribution in [0.25, 0.3) is 0 Å². The molecule has 3 aromatic rings. The maximum atomic E-state index is 12.6. The van der Waals surface area contributed by atoms with Gasteiger partial charge in [-0.3, -0.25) is 0 Å². The largest absolute Gasteiger partial charge is 0.259 e. The van der Waals surface area contributed by atoms with Gasteiger partial charge in [-0.05, 0) is 29.8 Å². The molecule has 0 radical (unpaired) electrons. The molecule has 124 valence electrons. The average molecular weight is 348 g/mol. The highest BCUT2D eigenvalue weighted by molar-refractivity contribution is 7.89. The lowest BCUT2D eigenvalue weighted by Gasteiger charge is -2.13. The highest BCUT2D eigenvalue weighted by Crippen LogP contribution is 2.16. The summed E-state index contributed by atoms with van der Waals surface area (Å²) in [6.45, 7) is 0. The molecule has 0 aliphatic carbocycles. The minimum atomic E-state index is -3.78. The van der Waals surface area contributed by atoms with E-state index in [-0.39, 0.29) is 5.03 Å². The molecule has 0 amide bonds. The van der Waals surface area contributed by atoms with E-state index in [4.69, 9.17) is 0 Å². The fourth-order valence-electron chi connectivity index (χ4n) is 2.22. The van der Waals surface area contributed by atoms with Crippen LogP contribution in [-0.4, -0.2) is 13.4 Å². The molecule has 1 N–H and O–H groups in total. The van der Waals surface area contributed by atoms with Crippen LogP contribution in [0.4, 0.5) is 0 Å². The second kappa shape index (κ2) is 7.75. The Balaban J connectivity index is 1.94. The van der Waals surface area contributed by atoms with Gasteiger partial charge in [0.15, 0.2) is 5.03 Å². The Morgan fingerprint density at radius 2 is 1.48 bits per heavy atom. The summed E-state index contributed by atoms with van der Waals surface area (Å²) in [6, 6.07) is 22.8. The third-order valence-corrected chi connectivity index (χ3v) is 4.79. The van der Waals surface area contributed by atoms with E-state index >= 15 is 0 Å². The molecule has 3 rings (SSSR count). The Bertz CT molecular complexity index is 977. The zero-order valence-corrected chi connectivity index (χ0v) is 14.1. The summed E-state index contributed by atoms with van der Waals surface area (Å²) in [5.74, 6) is 6.03. The molecule has 1 heterocycles. The van der Waals surface area contributed by atoms with Crippen molar-refractivity contribution >= 4 is 10.0 Å². The van der Waals surface area contributed by atoms with Gasteiger partial charge < -0.3 is 0 Å². The molecular formula is C20H16N2O2S. The Morgan fingerprint density at radius 3 is 2.12 bits per heavy atom. The van der Waals surface area contributed by atoms with E-state index in [0.717, 1.165) is 11.1 Å². The van der Waals surface area contributed by atoms with Crippen molar-refractivity contribution in [2.45, 2.75) is 11.1 Å². The number of hydrogen-bond donors (Lipinski definition) is 1. The maximum absolute atomic E-state index is 12.6. The van der Waals surface area contributed by atoms with Gasteiger partial charge in [-0.15, -0.1) is 0 Å². The van der Waals surface area contributed by atoms with E-state index in [9.17, 15) is 8.42 Å². The number of benzene rings is 2. The van der Waals surface area contributed by atoms with Crippen LogP contribution in [0.2, 0.25) is 0 Å². The minimum Gasteiger partial charge on any atom is -0.243 e. The lowest BCUT2D eigenvalue weighted by molar-refractivity contribution is 0.572. The van der Waals surface area contributed by atoms with Crippen molar-refractivity contribution in [1.82, 2.24) is 9.71 Å². The van der Waals surface area contributed by atoms with Gasteiger partial charge in [-0.1, -0.05) is 66.4 Å². The van der Waals surface area contributed by atoms with Gasteiger partial charge in [-0.25, -0.2) is 13.4 Å². The molecule has 25 heavy (non-hydrogen) atoms. The van der Waals surface area contributed by atoms with E-state index in [2.05, 4.69) is 21.5 Å². The molecule has 0 fully saturated rings. The van der Waals surface area contributed by atoms with Crippen LogP contribution < -0.4 is 4.72 Å². The van der Waals surface area contributed by atoms with Crippen LogP contribution >= 0.6 is 0 Å². The Labute approximate surface area is 147 Å². The van der Waals surface area contributed by atoms with Crippen LogP contribution in [0.5, 0.6) is 0 Å². The van der Waals surface area contributed by atoms with Crippen molar-refractivity contribution in [2.24, 2.45) is 0 Å². The first-order chi connectivity index (χ1) is 12.1. The molecule has 2 aromatic carbocycles. The molecule has 0 aliphatic rings. The third-order valence-electron chi connectivity index (χ3n) is 3.45. The van der Waals surface area contributed by atoms with E-state index in [1.54, 1.807) is 12.1 Å². The first-order valence-corrected chi connectivity index (χ1v) is 9.18. The molecule has 5 heteroatoms. The number of nitrogens with one attached hydrogen (secondary N) is 1. The van der Waals surface area contributed by atoms with Gasteiger partial charge >= 0.3 is 0 Å². The summed E-state index contributed by atoms with van der Waals surface area (Å²) in [4.78, 5) is 3.92. The van der Waals surface area contributed by atoms with E-state index in [1.165, 1.54) is 12.3 Å². The molecule has 1 aromatic heterocycles. The lowest BCUT2D eigenvalue weighted by atomic mass is 10.1. The topological polar surface area (TPSA) is 59.1 Å². The number of hydrogen-bond acceptors (Lipinski definition) is 3. The van der Waals surface area contributed by atoms with Crippen molar-refractivity contribution in [3.05, 3.63) is 96.2 Å². The second-order valence-electron chi connectivity index (χ2n) is 5.27. The predicted octanol–water partition coefficient (Wildman–Crippen LogP) is 3.15. The van der Waals surface area contributed by atoms with Crippen molar-refractivity contribution in [3.8, 4) is 11.8 Å². The van der Waals surface area contributed by atoms with Crippen LogP contribution in [0.1, 0.15) is 17.2 Å². The van der Waals surface area contributed by atoms with Gasteiger partial charge in [0.05, 0.1) is 0 Å². The number of pyridine rings is 1. The Kier molecular flexibility index (Phi) is 5.24. The van der Waals surface area contributed by atoms with Gasteiger partial charge in [0.1, 0.15) is 6.04 Å². The maximum Gasteiger partial charge on any atom is 0.259 e. The molecule has 0 unspecified atom stereocenters. The summed E-state index contributed by atoms with van der Waals surface area (Å²) >= 11 is 0. The van der Waals surface area contributed by atoms with Gasteiger partial charge in [0, 0.05) is 11.8 Å².